The summed E-state index contributed by atoms with van der Waals surface area (Å²) in [6.45, 7) is -0.251. The maximum atomic E-state index is 12.1. The number of aromatic nitrogens is 3. The van der Waals surface area contributed by atoms with Crippen molar-refractivity contribution >= 4 is 23.4 Å². The van der Waals surface area contributed by atoms with Crippen molar-refractivity contribution in [3.63, 3.8) is 0 Å². The molecule has 0 aliphatic heterocycles. The van der Waals surface area contributed by atoms with Crippen LogP contribution in [0.15, 0.2) is 30.7 Å². The number of carboxylic acids is 1. The number of carboxylic acid groups (broad SMARTS) is 1. The second-order valence-corrected chi connectivity index (χ2v) is 5.13. The van der Waals surface area contributed by atoms with Crippen molar-refractivity contribution in [3.05, 3.63) is 36.3 Å². The van der Waals surface area contributed by atoms with Crippen molar-refractivity contribution in [2.24, 2.45) is 0 Å². The van der Waals surface area contributed by atoms with Crippen LogP contribution in [0.4, 0.5) is 11.5 Å². The number of carbonyl (C=O) groups excluding carboxylic acids is 1. The van der Waals surface area contributed by atoms with Gasteiger partial charge >= 0.3 is 5.97 Å². The second-order valence-electron chi connectivity index (χ2n) is 5.13. The van der Waals surface area contributed by atoms with Crippen LogP contribution in [0.3, 0.4) is 0 Å². The molecular formula is C14H15N5O3. The van der Waals surface area contributed by atoms with Crippen molar-refractivity contribution in [2.75, 3.05) is 10.6 Å². The molecule has 3 N–H and O–H groups in total. The molecule has 8 nitrogen and oxygen atoms in total. The van der Waals surface area contributed by atoms with E-state index in [0.717, 1.165) is 18.7 Å². The zero-order chi connectivity index (χ0) is 15.5. The highest BCUT2D eigenvalue weighted by Crippen LogP contribution is 2.23. The van der Waals surface area contributed by atoms with Gasteiger partial charge in [0.2, 0.25) is 0 Å². The molecule has 0 unspecified atom stereocenters. The van der Waals surface area contributed by atoms with E-state index < -0.39 is 5.97 Å². The van der Waals surface area contributed by atoms with Gasteiger partial charge in [0.25, 0.3) is 5.91 Å². The average Bonchev–Trinajstić information content (AvgIpc) is 3.19. The Morgan fingerprint density at radius 2 is 2.14 bits per heavy atom. The van der Waals surface area contributed by atoms with Crippen LogP contribution in [-0.4, -0.2) is 37.8 Å². The zero-order valence-electron chi connectivity index (χ0n) is 11.7. The molecule has 22 heavy (non-hydrogen) atoms. The van der Waals surface area contributed by atoms with Gasteiger partial charge in [0, 0.05) is 18.4 Å². The first-order chi connectivity index (χ1) is 10.6. The Morgan fingerprint density at radius 3 is 2.77 bits per heavy atom. The number of carbonyl (C=O) groups is 2. The van der Waals surface area contributed by atoms with E-state index in [1.54, 1.807) is 12.1 Å². The minimum absolute atomic E-state index is 0.251. The minimum atomic E-state index is -0.996. The van der Waals surface area contributed by atoms with Gasteiger partial charge in [-0.25, -0.2) is 4.98 Å². The Kier molecular flexibility index (Phi) is 3.73. The molecule has 3 rings (SSSR count). The predicted molar refractivity (Wildman–Crippen MR) is 78.7 cm³/mol. The number of aliphatic carboxylic acids is 1. The Labute approximate surface area is 126 Å². The van der Waals surface area contributed by atoms with Crippen LogP contribution in [0, 0.1) is 0 Å². The number of hydrogen-bond donors (Lipinski definition) is 3. The van der Waals surface area contributed by atoms with Gasteiger partial charge in [-0.2, -0.15) is 5.10 Å². The van der Waals surface area contributed by atoms with Crippen LogP contribution >= 0.6 is 0 Å². The van der Waals surface area contributed by atoms with Crippen molar-refractivity contribution in [3.8, 4) is 0 Å². The SMILES string of the molecule is O=C(O)Cn1cc(NC(=O)c2ccc(NC3CC3)nc2)cn1. The largest absolute Gasteiger partial charge is 0.480 e. The molecule has 0 saturated heterocycles. The molecule has 1 saturated carbocycles. The van der Waals surface area contributed by atoms with Crippen LogP contribution in [0.25, 0.3) is 0 Å². The topological polar surface area (TPSA) is 109 Å². The molecule has 0 spiro atoms. The monoisotopic (exact) mass is 301 g/mol. The van der Waals surface area contributed by atoms with Gasteiger partial charge in [-0.3, -0.25) is 14.3 Å². The molecule has 1 aliphatic rings. The maximum Gasteiger partial charge on any atom is 0.325 e. The Hall–Kier alpha value is -2.90. The number of hydrogen-bond acceptors (Lipinski definition) is 5. The number of nitrogens with zero attached hydrogens (tertiary/aromatic N) is 3. The molecule has 1 fully saturated rings. The molecular weight excluding hydrogens is 286 g/mol. The van der Waals surface area contributed by atoms with Crippen molar-refractivity contribution in [1.29, 1.82) is 0 Å². The summed E-state index contributed by atoms with van der Waals surface area (Å²) < 4.78 is 1.23. The van der Waals surface area contributed by atoms with E-state index in [-0.39, 0.29) is 12.5 Å². The Morgan fingerprint density at radius 1 is 1.32 bits per heavy atom. The first-order valence-electron chi connectivity index (χ1n) is 6.88. The third-order valence-electron chi connectivity index (χ3n) is 3.14. The smallest absolute Gasteiger partial charge is 0.325 e. The molecule has 2 aromatic heterocycles. The summed E-state index contributed by atoms with van der Waals surface area (Å²) in [6.07, 6.45) is 6.68. The van der Waals surface area contributed by atoms with E-state index in [0.29, 0.717) is 17.3 Å². The van der Waals surface area contributed by atoms with Gasteiger partial charge < -0.3 is 15.7 Å². The first kappa shape index (κ1) is 14.1. The summed E-state index contributed by atoms with van der Waals surface area (Å²) in [6, 6.07) is 3.96. The van der Waals surface area contributed by atoms with Gasteiger partial charge in [-0.1, -0.05) is 0 Å². The van der Waals surface area contributed by atoms with Crippen LogP contribution < -0.4 is 10.6 Å². The lowest BCUT2D eigenvalue weighted by Crippen LogP contribution is -2.12. The molecule has 0 bridgehead atoms. The third-order valence-corrected chi connectivity index (χ3v) is 3.14. The lowest BCUT2D eigenvalue weighted by atomic mass is 10.2. The number of pyridine rings is 1. The fourth-order valence-electron chi connectivity index (χ4n) is 1.91. The fraction of sp³-hybridized carbons (Fsp3) is 0.286. The average molecular weight is 301 g/mol. The summed E-state index contributed by atoms with van der Waals surface area (Å²) in [7, 11) is 0. The Bertz CT molecular complexity index is 691. The summed E-state index contributed by atoms with van der Waals surface area (Å²) in [5.41, 5.74) is 0.860. The lowest BCUT2D eigenvalue weighted by Gasteiger charge is -2.05. The van der Waals surface area contributed by atoms with Gasteiger partial charge in [-0.15, -0.1) is 0 Å². The van der Waals surface area contributed by atoms with Crippen LogP contribution in [-0.2, 0) is 11.3 Å². The molecule has 0 radical (unpaired) electrons. The summed E-state index contributed by atoms with van der Waals surface area (Å²) >= 11 is 0. The van der Waals surface area contributed by atoms with Gasteiger partial charge in [0.15, 0.2) is 0 Å². The molecule has 0 aromatic carbocycles. The highest BCUT2D eigenvalue weighted by Gasteiger charge is 2.21. The standard InChI is InChI=1S/C14H15N5O3/c20-13(21)8-19-7-11(6-16-19)18-14(22)9-1-4-12(15-5-9)17-10-2-3-10/h1,4-7,10H,2-3,8H2,(H,15,17)(H,18,22)(H,20,21). The van der Waals surface area contributed by atoms with E-state index in [1.807, 2.05) is 0 Å². The van der Waals surface area contributed by atoms with E-state index in [2.05, 4.69) is 20.7 Å². The summed E-state index contributed by atoms with van der Waals surface area (Å²) in [5.74, 6) is -0.558. The number of rotatable bonds is 6. The molecule has 1 aliphatic carbocycles. The normalized spacial score (nSPS) is 13.6. The molecule has 8 heteroatoms. The van der Waals surface area contributed by atoms with Crippen molar-refractivity contribution < 1.29 is 14.7 Å². The van der Waals surface area contributed by atoms with E-state index in [9.17, 15) is 9.59 Å². The van der Waals surface area contributed by atoms with Crippen LogP contribution in [0.1, 0.15) is 23.2 Å². The van der Waals surface area contributed by atoms with Crippen molar-refractivity contribution in [2.45, 2.75) is 25.4 Å². The molecule has 1 amide bonds. The van der Waals surface area contributed by atoms with Crippen LogP contribution in [0.5, 0.6) is 0 Å². The molecule has 114 valence electrons. The van der Waals surface area contributed by atoms with E-state index >= 15 is 0 Å². The molecule has 2 heterocycles. The second kappa shape index (κ2) is 5.84. The van der Waals surface area contributed by atoms with Gasteiger partial charge in [-0.05, 0) is 25.0 Å². The van der Waals surface area contributed by atoms with Gasteiger partial charge in [0.05, 0.1) is 17.4 Å². The maximum absolute atomic E-state index is 12.1. The number of anilines is 2. The minimum Gasteiger partial charge on any atom is -0.480 e. The fourth-order valence-corrected chi connectivity index (χ4v) is 1.91. The van der Waals surface area contributed by atoms with E-state index in [4.69, 9.17) is 5.11 Å². The lowest BCUT2D eigenvalue weighted by molar-refractivity contribution is -0.137. The Balaban J connectivity index is 1.60. The zero-order valence-corrected chi connectivity index (χ0v) is 11.7. The molecule has 2 aromatic rings. The number of nitrogens with one attached hydrogen (secondary N) is 2. The number of amides is 1. The van der Waals surface area contributed by atoms with E-state index in [1.165, 1.54) is 23.3 Å². The summed E-state index contributed by atoms with van der Waals surface area (Å²) in [5, 5.41) is 18.4. The van der Waals surface area contributed by atoms with Crippen LogP contribution in [0.2, 0.25) is 0 Å². The molecule has 0 atom stereocenters. The van der Waals surface area contributed by atoms with Gasteiger partial charge in [0.1, 0.15) is 12.4 Å². The third kappa shape index (κ3) is 3.60. The highest BCUT2D eigenvalue weighted by molar-refractivity contribution is 6.04. The quantitative estimate of drug-likeness (QED) is 0.739. The highest BCUT2D eigenvalue weighted by atomic mass is 16.4. The predicted octanol–water partition coefficient (Wildman–Crippen LogP) is 1.19. The van der Waals surface area contributed by atoms with Crippen molar-refractivity contribution in [1.82, 2.24) is 14.8 Å². The summed E-state index contributed by atoms with van der Waals surface area (Å²) in [4.78, 5) is 26.8. The first-order valence-corrected chi connectivity index (χ1v) is 6.88.